The molecule has 0 amide bonds. The van der Waals surface area contributed by atoms with Gasteiger partial charge in [-0.25, -0.2) is 0 Å². The second-order valence-corrected chi connectivity index (χ2v) is 2.89. The molecule has 0 fully saturated rings. The van der Waals surface area contributed by atoms with Crippen LogP contribution in [0.1, 0.15) is 6.92 Å². The Labute approximate surface area is 59.2 Å². The maximum Gasteiger partial charge on any atom is 0.164 e. The van der Waals surface area contributed by atoms with Crippen LogP contribution in [0.2, 0.25) is 0 Å². The molecule has 0 aliphatic heterocycles. The van der Waals surface area contributed by atoms with Crippen LogP contribution >= 0.6 is 24.0 Å². The van der Waals surface area contributed by atoms with Crippen molar-refractivity contribution in [1.82, 2.24) is 5.32 Å². The topological polar surface area (TPSA) is 38.0 Å². The number of thiocarbonyl (C=S) groups is 1. The van der Waals surface area contributed by atoms with Gasteiger partial charge in [-0.3, -0.25) is 0 Å². The van der Waals surface area contributed by atoms with E-state index in [2.05, 4.69) is 24.5 Å². The fourth-order valence-electron chi connectivity index (χ4n) is 0.224. The van der Waals surface area contributed by atoms with E-state index >= 15 is 0 Å². The molecule has 8 heavy (non-hydrogen) atoms. The minimum Gasteiger partial charge on any atom is -0.376 e. The lowest BCUT2D eigenvalue weighted by molar-refractivity contribution is 1.13. The summed E-state index contributed by atoms with van der Waals surface area (Å²) in [5, 5.41) is 3.20. The van der Waals surface area contributed by atoms with Gasteiger partial charge in [-0.15, -0.1) is 11.8 Å². The summed E-state index contributed by atoms with van der Waals surface area (Å²) in [7, 11) is 0. The van der Waals surface area contributed by atoms with Gasteiger partial charge >= 0.3 is 0 Å². The van der Waals surface area contributed by atoms with Gasteiger partial charge in [0, 0.05) is 0 Å². The van der Waals surface area contributed by atoms with E-state index in [9.17, 15) is 0 Å². The van der Waals surface area contributed by atoms with Gasteiger partial charge in [-0.05, 0) is 18.0 Å². The number of nitrogens with one attached hydrogen (secondary N) is 1. The van der Waals surface area contributed by atoms with Gasteiger partial charge in [0.1, 0.15) is 0 Å². The normalized spacial score (nSPS) is 8.62. The van der Waals surface area contributed by atoms with E-state index in [4.69, 9.17) is 5.73 Å². The summed E-state index contributed by atoms with van der Waals surface area (Å²) >= 11 is 6.32. The largest absolute Gasteiger partial charge is 0.376 e. The Hall–Kier alpha value is 0.0400. The molecule has 0 bridgehead atoms. The molecule has 0 heterocycles. The van der Waals surface area contributed by atoms with Crippen LogP contribution < -0.4 is 11.1 Å². The SMILES string of the molecule is CCSCNC(N)=S. The first-order chi connectivity index (χ1) is 3.77. The molecular weight excluding hydrogens is 140 g/mol. The standard InChI is InChI=1S/C4H10N2S2/c1-2-8-3-6-4(5)7/h2-3H2,1H3,(H3,5,6,7). The van der Waals surface area contributed by atoms with Gasteiger partial charge in [0.25, 0.3) is 0 Å². The zero-order valence-electron chi connectivity index (χ0n) is 4.81. The third-order valence-electron chi connectivity index (χ3n) is 0.553. The molecule has 0 radical (unpaired) electrons. The van der Waals surface area contributed by atoms with Gasteiger partial charge in [0.05, 0.1) is 5.88 Å². The Balaban J connectivity index is 2.82. The Morgan fingerprint density at radius 3 is 2.88 bits per heavy atom. The minimum absolute atomic E-state index is 0.381. The Kier molecular flexibility index (Phi) is 5.21. The number of nitrogens with two attached hydrogens (primary N) is 1. The molecule has 0 aromatic rings. The van der Waals surface area contributed by atoms with Crippen molar-refractivity contribution in [2.75, 3.05) is 11.6 Å². The molecule has 4 heteroatoms. The van der Waals surface area contributed by atoms with Crippen molar-refractivity contribution in [2.24, 2.45) is 5.73 Å². The maximum atomic E-state index is 5.14. The summed E-state index contributed by atoms with van der Waals surface area (Å²) < 4.78 is 0. The van der Waals surface area contributed by atoms with Gasteiger partial charge in [0.15, 0.2) is 5.11 Å². The van der Waals surface area contributed by atoms with E-state index in [1.165, 1.54) is 0 Å². The zero-order chi connectivity index (χ0) is 6.41. The molecular formula is C4H10N2S2. The second-order valence-electron chi connectivity index (χ2n) is 1.18. The van der Waals surface area contributed by atoms with Crippen molar-refractivity contribution in [3.63, 3.8) is 0 Å². The Bertz CT molecular complexity index is 74.4. The monoisotopic (exact) mass is 150 g/mol. The third-order valence-corrected chi connectivity index (χ3v) is 1.45. The minimum atomic E-state index is 0.381. The van der Waals surface area contributed by atoms with Crippen LogP contribution in [-0.4, -0.2) is 16.7 Å². The van der Waals surface area contributed by atoms with E-state index in [0.29, 0.717) is 5.11 Å². The van der Waals surface area contributed by atoms with E-state index in [-0.39, 0.29) is 0 Å². The predicted molar refractivity (Wildman–Crippen MR) is 42.9 cm³/mol. The highest BCUT2D eigenvalue weighted by Crippen LogP contribution is 1.92. The van der Waals surface area contributed by atoms with E-state index in [0.717, 1.165) is 11.6 Å². The van der Waals surface area contributed by atoms with Crippen molar-refractivity contribution in [2.45, 2.75) is 6.92 Å². The molecule has 0 spiro atoms. The molecule has 0 aliphatic rings. The Morgan fingerprint density at radius 2 is 2.50 bits per heavy atom. The quantitative estimate of drug-likeness (QED) is 0.350. The summed E-state index contributed by atoms with van der Waals surface area (Å²) in [6, 6.07) is 0. The van der Waals surface area contributed by atoms with Gasteiger partial charge < -0.3 is 11.1 Å². The molecule has 0 aromatic heterocycles. The lowest BCUT2D eigenvalue weighted by Gasteiger charge is -1.98. The van der Waals surface area contributed by atoms with E-state index in [1.807, 2.05) is 0 Å². The number of rotatable bonds is 3. The molecule has 0 saturated carbocycles. The molecule has 0 rings (SSSR count). The third kappa shape index (κ3) is 6.04. The van der Waals surface area contributed by atoms with E-state index in [1.54, 1.807) is 11.8 Å². The van der Waals surface area contributed by atoms with Crippen LogP contribution in [0.15, 0.2) is 0 Å². The number of hydrogen-bond donors (Lipinski definition) is 2. The first-order valence-corrected chi connectivity index (χ1v) is 3.94. The highest BCUT2D eigenvalue weighted by atomic mass is 32.2. The van der Waals surface area contributed by atoms with Crippen LogP contribution in [0.5, 0.6) is 0 Å². The predicted octanol–water partition coefficient (Wildman–Crippen LogP) is 0.530. The molecule has 0 aromatic carbocycles. The highest BCUT2D eigenvalue weighted by Gasteiger charge is 1.82. The highest BCUT2D eigenvalue weighted by molar-refractivity contribution is 7.99. The van der Waals surface area contributed by atoms with Crippen molar-refractivity contribution < 1.29 is 0 Å². The first kappa shape index (κ1) is 8.04. The lowest BCUT2D eigenvalue weighted by Crippen LogP contribution is -2.28. The summed E-state index contributed by atoms with van der Waals surface area (Å²) in [5.41, 5.74) is 5.14. The molecule has 48 valence electrons. The fraction of sp³-hybridized carbons (Fsp3) is 0.750. The van der Waals surface area contributed by atoms with Crippen molar-refractivity contribution in [3.8, 4) is 0 Å². The summed E-state index contributed by atoms with van der Waals surface area (Å²) in [4.78, 5) is 0. The molecule has 0 atom stereocenters. The zero-order valence-corrected chi connectivity index (χ0v) is 6.44. The molecule has 3 N–H and O–H groups in total. The van der Waals surface area contributed by atoms with Crippen LogP contribution in [0, 0.1) is 0 Å². The molecule has 2 nitrogen and oxygen atoms in total. The number of thioether (sulfide) groups is 1. The van der Waals surface area contributed by atoms with Crippen molar-refractivity contribution in [1.29, 1.82) is 0 Å². The maximum absolute atomic E-state index is 5.14. The van der Waals surface area contributed by atoms with Crippen LogP contribution in [0.25, 0.3) is 0 Å². The second kappa shape index (κ2) is 5.18. The number of hydrogen-bond acceptors (Lipinski definition) is 2. The van der Waals surface area contributed by atoms with Crippen molar-refractivity contribution >= 4 is 29.1 Å². The van der Waals surface area contributed by atoms with Gasteiger partial charge in [-0.1, -0.05) is 6.92 Å². The average molecular weight is 150 g/mol. The Morgan fingerprint density at radius 1 is 1.88 bits per heavy atom. The van der Waals surface area contributed by atoms with Crippen LogP contribution in [-0.2, 0) is 0 Å². The van der Waals surface area contributed by atoms with Gasteiger partial charge in [-0.2, -0.15) is 0 Å². The molecule has 0 aliphatic carbocycles. The van der Waals surface area contributed by atoms with E-state index < -0.39 is 0 Å². The van der Waals surface area contributed by atoms with Crippen LogP contribution in [0.4, 0.5) is 0 Å². The average Bonchev–Trinajstić information content (AvgIpc) is 1.66. The smallest absolute Gasteiger partial charge is 0.164 e. The van der Waals surface area contributed by atoms with Gasteiger partial charge in [0.2, 0.25) is 0 Å². The van der Waals surface area contributed by atoms with Crippen LogP contribution in [0.3, 0.4) is 0 Å². The lowest BCUT2D eigenvalue weighted by atomic mass is 11.0. The summed E-state index contributed by atoms with van der Waals surface area (Å²) in [6.07, 6.45) is 0. The summed E-state index contributed by atoms with van der Waals surface area (Å²) in [6.45, 7) is 2.09. The summed E-state index contributed by atoms with van der Waals surface area (Å²) in [5.74, 6) is 1.92. The first-order valence-electron chi connectivity index (χ1n) is 2.38. The molecule has 0 unspecified atom stereocenters. The molecule has 0 saturated heterocycles. The van der Waals surface area contributed by atoms with Crippen molar-refractivity contribution in [3.05, 3.63) is 0 Å². The fourth-order valence-corrected chi connectivity index (χ4v) is 0.849.